The molecule has 0 atom stereocenters. The minimum absolute atomic E-state index is 0. The van der Waals surface area contributed by atoms with Gasteiger partial charge in [0.15, 0.2) is 0 Å². The molecule has 4 N–H and O–H groups in total. The Bertz CT molecular complexity index is 6.00. The Balaban J connectivity index is 0. The quantitative estimate of drug-likeness (QED) is 0.375. The summed E-state index contributed by atoms with van der Waals surface area (Å²) >= 11 is 0. The average Bonchev–Trinajstić information content (AvgIpc) is 0. The number of hydrogen-bond donors (Lipinski definition) is 0. The van der Waals surface area contributed by atoms with Crippen LogP contribution in [0.2, 0.25) is 0 Å². The predicted octanol–water partition coefficient (Wildman–Crippen LogP) is -3.10. The van der Waals surface area contributed by atoms with E-state index in [-0.39, 0.29) is 54.8 Å². The Kier molecular flexibility index (Phi) is 374. The second-order valence-electron chi connectivity index (χ2n) is 0. The van der Waals surface area contributed by atoms with Crippen LogP contribution in [-0.2, 0) is 26.2 Å². The monoisotopic (exact) mass is 204 g/mol. The minimum Gasteiger partial charge on any atom is 0 e. The third kappa shape index (κ3) is 10.2. The summed E-state index contributed by atoms with van der Waals surface area (Å²) in [6.45, 7) is 0. The molecule has 0 aliphatic heterocycles. The van der Waals surface area contributed by atoms with Gasteiger partial charge < -0.3 is 11.0 Å². The van der Waals surface area contributed by atoms with Crippen molar-refractivity contribution < 1.29 is 37.2 Å². The molecule has 0 radical (unpaired) electrons. The minimum atomic E-state index is 0. The molecule has 0 unspecified atom stereocenters. The molecule has 0 spiro atoms. The van der Waals surface area contributed by atoms with E-state index < -0.39 is 0 Å². The maximum absolute atomic E-state index is 0. The van der Waals surface area contributed by atoms with E-state index in [2.05, 4.69) is 0 Å². The van der Waals surface area contributed by atoms with Gasteiger partial charge in [-0.05, 0) is 0 Å². The molecule has 28 valence electrons. The molecule has 0 aliphatic carbocycles. The summed E-state index contributed by atoms with van der Waals surface area (Å²) in [5.41, 5.74) is 0. The fourth-order valence-corrected chi connectivity index (χ4v) is 0. The molecule has 0 fully saturated rings. The van der Waals surface area contributed by atoms with Crippen LogP contribution in [0.15, 0.2) is 0 Å². The summed E-state index contributed by atoms with van der Waals surface area (Å²) in [6.07, 6.45) is 0. The first-order chi connectivity index (χ1) is 0. The zero-order valence-electron chi connectivity index (χ0n) is 1.50. The van der Waals surface area contributed by atoms with Gasteiger partial charge >= 0.3 is 17.6 Å². The third-order valence-corrected chi connectivity index (χ3v) is 0. The van der Waals surface area contributed by atoms with Gasteiger partial charge in [0, 0.05) is 26.2 Å². The molecule has 0 aromatic carbocycles. The van der Waals surface area contributed by atoms with E-state index in [1.54, 1.807) is 0 Å². The van der Waals surface area contributed by atoms with Crippen molar-refractivity contribution in [3.05, 3.63) is 0 Å². The topological polar surface area (TPSA) is 63.0 Å². The van der Waals surface area contributed by atoms with Crippen LogP contribution in [-0.4, -0.2) is 28.5 Å². The van der Waals surface area contributed by atoms with Crippen LogP contribution in [0.5, 0.6) is 0 Å². The van der Waals surface area contributed by atoms with Gasteiger partial charge in [-0.3, -0.25) is 0 Å². The Morgan fingerprint density at radius 2 is 0.750 bits per heavy atom. The maximum atomic E-state index is 0. The van der Waals surface area contributed by atoms with E-state index in [4.69, 9.17) is 0 Å². The van der Waals surface area contributed by atoms with Gasteiger partial charge in [-0.25, -0.2) is 0 Å². The van der Waals surface area contributed by atoms with Gasteiger partial charge in [0.05, 0.1) is 0 Å². The summed E-state index contributed by atoms with van der Waals surface area (Å²) in [6, 6.07) is 0. The molecule has 0 heterocycles. The molecule has 0 rings (SSSR count). The molecule has 0 saturated heterocycles. The molecule has 4 heteroatoms. The van der Waals surface area contributed by atoms with Crippen LogP contribution in [0.4, 0.5) is 0 Å². The molecular formula is H8GeO2Zr. The van der Waals surface area contributed by atoms with Crippen molar-refractivity contribution in [1.29, 1.82) is 0 Å². The van der Waals surface area contributed by atoms with Gasteiger partial charge in [0.25, 0.3) is 0 Å². The molecule has 0 saturated carbocycles. The first-order valence-electron chi connectivity index (χ1n) is 0. The van der Waals surface area contributed by atoms with E-state index in [0.29, 0.717) is 0 Å². The first-order valence-corrected chi connectivity index (χ1v) is 0. The van der Waals surface area contributed by atoms with E-state index in [1.807, 2.05) is 0 Å². The molecule has 0 amide bonds. The zero-order valence-corrected chi connectivity index (χ0v) is 3.96. The first kappa shape index (κ1) is 55.7. The van der Waals surface area contributed by atoms with E-state index in [0.717, 1.165) is 0 Å². The molecule has 0 aromatic heterocycles. The average molecular weight is 204 g/mol. The number of hydrogen-bond acceptors (Lipinski definition) is 0. The van der Waals surface area contributed by atoms with E-state index in [1.165, 1.54) is 0 Å². The normalized spacial score (nSPS) is 0. The van der Waals surface area contributed by atoms with E-state index in [9.17, 15) is 0 Å². The maximum Gasteiger partial charge on any atom is 0 e. The van der Waals surface area contributed by atoms with Gasteiger partial charge in [-0.1, -0.05) is 0 Å². The van der Waals surface area contributed by atoms with Crippen LogP contribution in [0.3, 0.4) is 0 Å². The van der Waals surface area contributed by atoms with Gasteiger partial charge in [0.2, 0.25) is 0 Å². The van der Waals surface area contributed by atoms with Crippen molar-refractivity contribution in [2.45, 2.75) is 0 Å². The molecule has 2 nitrogen and oxygen atoms in total. The van der Waals surface area contributed by atoms with Gasteiger partial charge in [0.1, 0.15) is 0 Å². The van der Waals surface area contributed by atoms with Crippen molar-refractivity contribution in [3.8, 4) is 0 Å². The summed E-state index contributed by atoms with van der Waals surface area (Å²) in [7, 11) is 0. The van der Waals surface area contributed by atoms with E-state index >= 15 is 0 Å². The second-order valence-corrected chi connectivity index (χ2v) is 0. The zero-order chi connectivity index (χ0) is 0. The standard InChI is InChI=1S/GeH4.2H2O.Zr/h1H4;2*1H2;. The molecular weight excluding hydrogens is 196 g/mol. The Morgan fingerprint density at radius 3 is 0.750 bits per heavy atom. The summed E-state index contributed by atoms with van der Waals surface area (Å²) < 4.78 is 0. The Hall–Kier alpha value is 1.35. The predicted molar refractivity (Wildman–Crippen MR) is 18.6 cm³/mol. The summed E-state index contributed by atoms with van der Waals surface area (Å²) in [5.74, 6) is 0. The second kappa shape index (κ2) is 26.9. The van der Waals surface area contributed by atoms with Crippen molar-refractivity contribution in [1.82, 2.24) is 0 Å². The van der Waals surface area contributed by atoms with Gasteiger partial charge in [-0.2, -0.15) is 0 Å². The van der Waals surface area contributed by atoms with Crippen LogP contribution in [0.1, 0.15) is 0 Å². The third-order valence-electron chi connectivity index (χ3n) is 0. The smallest absolute Gasteiger partial charge is 0 e. The number of rotatable bonds is 0. The van der Waals surface area contributed by atoms with Crippen molar-refractivity contribution in [2.75, 3.05) is 0 Å². The van der Waals surface area contributed by atoms with Gasteiger partial charge in [-0.15, -0.1) is 0 Å². The molecule has 4 heavy (non-hydrogen) atoms. The van der Waals surface area contributed by atoms with Crippen molar-refractivity contribution in [3.63, 3.8) is 0 Å². The fourth-order valence-electron chi connectivity index (χ4n) is 0. The Labute approximate surface area is 54.7 Å². The summed E-state index contributed by atoms with van der Waals surface area (Å²) in [4.78, 5) is 0. The summed E-state index contributed by atoms with van der Waals surface area (Å²) in [5, 5.41) is 0. The van der Waals surface area contributed by atoms with Crippen LogP contribution in [0, 0.1) is 0 Å². The van der Waals surface area contributed by atoms with Crippen LogP contribution < -0.4 is 0 Å². The molecule has 0 aliphatic rings. The molecule has 0 aromatic rings. The van der Waals surface area contributed by atoms with Crippen LogP contribution in [0.25, 0.3) is 0 Å². The Morgan fingerprint density at radius 1 is 0.750 bits per heavy atom. The van der Waals surface area contributed by atoms with Crippen molar-refractivity contribution in [2.24, 2.45) is 0 Å². The molecule has 0 bridgehead atoms. The fraction of sp³-hybridized carbons (Fsp3) is 0. The van der Waals surface area contributed by atoms with Crippen LogP contribution >= 0.6 is 0 Å². The largest absolute Gasteiger partial charge is 0 e. The van der Waals surface area contributed by atoms with Crippen molar-refractivity contribution >= 4 is 17.6 Å². The SMILES string of the molecule is O.O.[GeH4].[Zr].